The fourth-order valence-electron chi connectivity index (χ4n) is 1.46. The fourth-order valence-corrected chi connectivity index (χ4v) is 1.70. The minimum Gasteiger partial charge on any atom is -0.480 e. The van der Waals surface area contributed by atoms with Crippen molar-refractivity contribution in [1.82, 2.24) is 4.90 Å². The second-order valence-electron chi connectivity index (χ2n) is 2.77. The summed E-state index contributed by atoms with van der Waals surface area (Å²) in [7, 11) is 1.49. The minimum absolute atomic E-state index is 0.0642. The van der Waals surface area contributed by atoms with Crippen LogP contribution in [0.15, 0.2) is 11.6 Å². The van der Waals surface area contributed by atoms with Gasteiger partial charge in [0, 0.05) is 18.8 Å². The van der Waals surface area contributed by atoms with Crippen molar-refractivity contribution in [3.05, 3.63) is 11.6 Å². The van der Waals surface area contributed by atoms with Gasteiger partial charge in [0.2, 0.25) is 0 Å². The molecule has 3 nitrogen and oxygen atoms in total. The van der Waals surface area contributed by atoms with Crippen molar-refractivity contribution in [2.24, 2.45) is 0 Å². The number of thiol groups is 1. The molecule has 0 atom stereocenters. The first-order valence-electron chi connectivity index (χ1n) is 4.11. The number of hydrogen-bond donors (Lipinski definition) is 2. The van der Waals surface area contributed by atoms with Gasteiger partial charge in [0.05, 0.1) is 12.8 Å². The maximum absolute atomic E-state index is 9.35. The highest BCUT2D eigenvalue weighted by Crippen LogP contribution is 2.23. The van der Waals surface area contributed by atoms with E-state index in [-0.39, 0.29) is 5.95 Å². The van der Waals surface area contributed by atoms with Gasteiger partial charge in [-0.05, 0) is 12.8 Å². The average molecular weight is 189 g/mol. The topological polar surface area (TPSA) is 32.7 Å². The van der Waals surface area contributed by atoms with Gasteiger partial charge in [0.25, 0.3) is 5.95 Å². The van der Waals surface area contributed by atoms with Crippen molar-refractivity contribution in [2.45, 2.75) is 12.8 Å². The van der Waals surface area contributed by atoms with Crippen LogP contribution < -0.4 is 0 Å². The molecule has 1 fully saturated rings. The van der Waals surface area contributed by atoms with Crippen molar-refractivity contribution in [2.75, 3.05) is 26.0 Å². The molecule has 1 heterocycles. The number of aliphatic hydroxyl groups is 1. The second kappa shape index (κ2) is 4.50. The summed E-state index contributed by atoms with van der Waals surface area (Å²) >= 11 is 4.15. The maximum atomic E-state index is 9.35. The summed E-state index contributed by atoms with van der Waals surface area (Å²) in [4.78, 5) is 2.12. The zero-order valence-corrected chi connectivity index (χ0v) is 8.18. The Morgan fingerprint density at radius 2 is 2.50 bits per heavy atom. The van der Waals surface area contributed by atoms with E-state index in [1.54, 1.807) is 0 Å². The Hall–Kier alpha value is -0.510. The van der Waals surface area contributed by atoms with Gasteiger partial charge in [0.1, 0.15) is 0 Å². The van der Waals surface area contributed by atoms with Crippen LogP contribution >= 0.6 is 12.6 Å². The van der Waals surface area contributed by atoms with Gasteiger partial charge in [-0.3, -0.25) is 0 Å². The number of aliphatic hydroxyl groups excluding tert-OH is 1. The van der Waals surface area contributed by atoms with Crippen LogP contribution in [0.25, 0.3) is 0 Å². The van der Waals surface area contributed by atoms with Crippen molar-refractivity contribution >= 4 is 12.6 Å². The van der Waals surface area contributed by atoms with Gasteiger partial charge in [-0.2, -0.15) is 12.6 Å². The second-order valence-corrected chi connectivity index (χ2v) is 3.22. The molecule has 0 aromatic rings. The van der Waals surface area contributed by atoms with Crippen molar-refractivity contribution in [1.29, 1.82) is 0 Å². The van der Waals surface area contributed by atoms with Crippen molar-refractivity contribution in [3.8, 4) is 0 Å². The van der Waals surface area contributed by atoms with Gasteiger partial charge >= 0.3 is 0 Å². The number of nitrogens with zero attached hydrogens (tertiary/aromatic N) is 1. The quantitative estimate of drug-likeness (QED) is 0.520. The van der Waals surface area contributed by atoms with Gasteiger partial charge in [0.15, 0.2) is 0 Å². The highest BCUT2D eigenvalue weighted by molar-refractivity contribution is 7.80. The van der Waals surface area contributed by atoms with Crippen LogP contribution in [0.4, 0.5) is 0 Å². The summed E-state index contributed by atoms with van der Waals surface area (Å²) in [5, 5.41) is 9.35. The molecule has 1 aliphatic heterocycles. The molecule has 0 unspecified atom stereocenters. The third kappa shape index (κ3) is 2.00. The predicted octanol–water partition coefficient (Wildman–Crippen LogP) is 1.39. The summed E-state index contributed by atoms with van der Waals surface area (Å²) in [5.41, 5.74) is 0.923. The molecule has 0 radical (unpaired) electrons. The molecule has 0 aromatic carbocycles. The van der Waals surface area contributed by atoms with Crippen LogP contribution in [0.3, 0.4) is 0 Å². The van der Waals surface area contributed by atoms with Crippen LogP contribution in [0.2, 0.25) is 0 Å². The number of hydrogen-bond acceptors (Lipinski definition) is 4. The number of allylic oxidation sites excluding steroid dienone is 1. The first kappa shape index (κ1) is 9.58. The summed E-state index contributed by atoms with van der Waals surface area (Å²) in [6, 6.07) is 0. The normalized spacial score (nSPS) is 21.3. The van der Waals surface area contributed by atoms with E-state index >= 15 is 0 Å². The van der Waals surface area contributed by atoms with E-state index in [2.05, 4.69) is 17.5 Å². The fraction of sp³-hybridized carbons (Fsp3) is 0.750. The Morgan fingerprint density at radius 3 is 3.08 bits per heavy atom. The molecule has 0 bridgehead atoms. The molecule has 0 amide bonds. The van der Waals surface area contributed by atoms with E-state index < -0.39 is 0 Å². The standard InChI is InChI=1S/C8H15NO2S/c1-11-8(10)7-3-2-4-9(7)5-6-12/h10,12H,2-6H2,1H3/b8-7-. The Kier molecular flexibility index (Phi) is 3.59. The molecular weight excluding hydrogens is 174 g/mol. The molecule has 1 aliphatic rings. The Balaban J connectivity index is 2.62. The zero-order valence-electron chi connectivity index (χ0n) is 7.29. The van der Waals surface area contributed by atoms with Gasteiger partial charge < -0.3 is 14.7 Å². The molecule has 0 aliphatic carbocycles. The van der Waals surface area contributed by atoms with Crippen molar-refractivity contribution < 1.29 is 9.84 Å². The lowest BCUT2D eigenvalue weighted by Gasteiger charge is -2.18. The third-order valence-electron chi connectivity index (χ3n) is 2.03. The lowest BCUT2D eigenvalue weighted by Crippen LogP contribution is -2.21. The molecule has 70 valence electrons. The number of ether oxygens (including phenoxy) is 1. The molecule has 1 saturated heterocycles. The molecule has 0 spiro atoms. The number of rotatable bonds is 3. The van der Waals surface area contributed by atoms with E-state index in [1.807, 2.05) is 0 Å². The van der Waals surface area contributed by atoms with Crippen LogP contribution in [-0.4, -0.2) is 36.0 Å². The highest BCUT2D eigenvalue weighted by atomic mass is 32.1. The molecule has 0 saturated carbocycles. The summed E-state index contributed by atoms with van der Waals surface area (Å²) in [6.07, 6.45) is 2.00. The first-order valence-corrected chi connectivity index (χ1v) is 4.74. The van der Waals surface area contributed by atoms with Crippen LogP contribution in [0, 0.1) is 0 Å². The molecule has 4 heteroatoms. The van der Waals surface area contributed by atoms with Crippen LogP contribution in [0.1, 0.15) is 12.8 Å². The molecule has 1 rings (SSSR count). The number of methoxy groups -OCH3 is 1. The minimum atomic E-state index is 0.0642. The van der Waals surface area contributed by atoms with E-state index in [4.69, 9.17) is 4.74 Å². The lowest BCUT2D eigenvalue weighted by molar-refractivity contribution is 0.120. The summed E-state index contributed by atoms with van der Waals surface area (Å²) < 4.78 is 4.78. The molecule has 12 heavy (non-hydrogen) atoms. The molecule has 0 aromatic heterocycles. The van der Waals surface area contributed by atoms with Crippen molar-refractivity contribution in [3.63, 3.8) is 0 Å². The first-order chi connectivity index (χ1) is 5.79. The SMILES string of the molecule is CO/C(O)=C1/CCCN1CCS. The van der Waals surface area contributed by atoms with E-state index in [1.165, 1.54) is 7.11 Å². The Labute approximate surface area is 78.4 Å². The van der Waals surface area contributed by atoms with Gasteiger partial charge in [-0.25, -0.2) is 0 Å². The monoisotopic (exact) mass is 189 g/mol. The summed E-state index contributed by atoms with van der Waals surface area (Å²) in [5.74, 6) is 0.870. The third-order valence-corrected chi connectivity index (χ3v) is 2.23. The van der Waals surface area contributed by atoms with Gasteiger partial charge in [-0.15, -0.1) is 0 Å². The highest BCUT2D eigenvalue weighted by Gasteiger charge is 2.20. The molecular formula is C8H15NO2S. The van der Waals surface area contributed by atoms with Gasteiger partial charge in [-0.1, -0.05) is 0 Å². The van der Waals surface area contributed by atoms with E-state index in [9.17, 15) is 5.11 Å². The van der Waals surface area contributed by atoms with E-state index in [0.717, 1.165) is 37.4 Å². The lowest BCUT2D eigenvalue weighted by atomic mass is 10.3. The largest absolute Gasteiger partial charge is 0.480 e. The zero-order chi connectivity index (χ0) is 8.97. The summed E-state index contributed by atoms with van der Waals surface area (Å²) in [6.45, 7) is 1.88. The maximum Gasteiger partial charge on any atom is 0.296 e. The smallest absolute Gasteiger partial charge is 0.296 e. The van der Waals surface area contributed by atoms with E-state index in [0.29, 0.717) is 0 Å². The number of likely N-dealkylation sites (tertiary alicyclic amines) is 1. The Bertz CT molecular complexity index is 182. The van der Waals surface area contributed by atoms with Crippen LogP contribution in [-0.2, 0) is 4.74 Å². The average Bonchev–Trinajstić information content (AvgIpc) is 2.52. The predicted molar refractivity (Wildman–Crippen MR) is 51.3 cm³/mol. The van der Waals surface area contributed by atoms with Crippen LogP contribution in [0.5, 0.6) is 0 Å². The Morgan fingerprint density at radius 1 is 1.75 bits per heavy atom. The molecule has 1 N–H and O–H groups in total.